The summed E-state index contributed by atoms with van der Waals surface area (Å²) >= 11 is 12.4. The van der Waals surface area contributed by atoms with Gasteiger partial charge in [0.1, 0.15) is 0 Å². The Kier molecular flexibility index (Phi) is 7.90. The molecule has 0 bridgehead atoms. The van der Waals surface area contributed by atoms with Crippen LogP contribution in [-0.4, -0.2) is 24.0 Å². The van der Waals surface area contributed by atoms with Crippen molar-refractivity contribution in [3.8, 4) is 0 Å². The highest BCUT2D eigenvalue weighted by molar-refractivity contribution is 6.35. The Morgan fingerprint density at radius 1 is 1.25 bits per heavy atom. The molecule has 2 atom stereocenters. The summed E-state index contributed by atoms with van der Waals surface area (Å²) in [5.41, 5.74) is 7.12. The molecule has 114 valence electrons. The van der Waals surface area contributed by atoms with Crippen LogP contribution in [0.1, 0.15) is 51.6 Å². The predicted molar refractivity (Wildman–Crippen MR) is 89.6 cm³/mol. The molecule has 0 aromatic heterocycles. The van der Waals surface area contributed by atoms with Crippen molar-refractivity contribution in [2.75, 3.05) is 13.1 Å². The lowest BCUT2D eigenvalue weighted by molar-refractivity contribution is 0.141. The van der Waals surface area contributed by atoms with Crippen LogP contribution >= 0.6 is 23.2 Å². The molecule has 2 N–H and O–H groups in total. The van der Waals surface area contributed by atoms with E-state index >= 15 is 0 Å². The normalized spacial score (nSPS) is 14.6. The Hall–Kier alpha value is -0.280. The Labute approximate surface area is 133 Å². The van der Waals surface area contributed by atoms with E-state index in [-0.39, 0.29) is 6.04 Å². The second-order valence-electron chi connectivity index (χ2n) is 5.27. The summed E-state index contributed by atoms with van der Waals surface area (Å²) in [5.74, 6) is 0. The number of halogens is 2. The van der Waals surface area contributed by atoms with Crippen LogP contribution in [0.2, 0.25) is 10.0 Å². The Morgan fingerprint density at radius 3 is 2.45 bits per heavy atom. The van der Waals surface area contributed by atoms with E-state index in [0.717, 1.165) is 18.5 Å². The van der Waals surface area contributed by atoms with Crippen LogP contribution < -0.4 is 5.73 Å². The molecule has 0 spiro atoms. The lowest BCUT2D eigenvalue weighted by Gasteiger charge is -2.36. The fourth-order valence-corrected chi connectivity index (χ4v) is 3.01. The standard InChI is InChI=1S/C16H26Cl2N2/c1-4-6-9-20(12(3)5-2)16(11-19)14-8-7-13(17)10-15(14)18/h7-8,10,12,16H,4-6,9,11,19H2,1-3H3. The Bertz CT molecular complexity index is 409. The van der Waals surface area contributed by atoms with Crippen LogP contribution in [0.5, 0.6) is 0 Å². The van der Waals surface area contributed by atoms with Gasteiger partial charge in [0.15, 0.2) is 0 Å². The van der Waals surface area contributed by atoms with Gasteiger partial charge in [0.05, 0.1) is 0 Å². The van der Waals surface area contributed by atoms with Crippen LogP contribution in [0.25, 0.3) is 0 Å². The second kappa shape index (κ2) is 8.89. The molecular weight excluding hydrogens is 291 g/mol. The van der Waals surface area contributed by atoms with Gasteiger partial charge in [-0.15, -0.1) is 0 Å². The molecule has 0 aliphatic rings. The average Bonchev–Trinajstić information content (AvgIpc) is 2.44. The van der Waals surface area contributed by atoms with E-state index in [9.17, 15) is 0 Å². The highest BCUT2D eigenvalue weighted by Crippen LogP contribution is 2.31. The summed E-state index contributed by atoms with van der Waals surface area (Å²) in [7, 11) is 0. The third-order valence-corrected chi connectivity index (χ3v) is 4.43. The highest BCUT2D eigenvalue weighted by atomic mass is 35.5. The van der Waals surface area contributed by atoms with Gasteiger partial charge >= 0.3 is 0 Å². The summed E-state index contributed by atoms with van der Waals surface area (Å²) in [6.45, 7) is 8.28. The maximum Gasteiger partial charge on any atom is 0.0488 e. The van der Waals surface area contributed by atoms with Crippen molar-refractivity contribution in [2.45, 2.75) is 52.1 Å². The van der Waals surface area contributed by atoms with Crippen LogP contribution in [0, 0.1) is 0 Å². The molecule has 1 aromatic rings. The molecule has 0 radical (unpaired) electrons. The summed E-state index contributed by atoms with van der Waals surface area (Å²) in [6.07, 6.45) is 3.45. The number of hydrogen-bond acceptors (Lipinski definition) is 2. The third-order valence-electron chi connectivity index (χ3n) is 3.87. The van der Waals surface area contributed by atoms with Crippen molar-refractivity contribution in [1.82, 2.24) is 4.90 Å². The quantitative estimate of drug-likeness (QED) is 0.739. The van der Waals surface area contributed by atoms with E-state index in [1.807, 2.05) is 12.1 Å². The third kappa shape index (κ3) is 4.63. The first-order valence-electron chi connectivity index (χ1n) is 7.45. The summed E-state index contributed by atoms with van der Waals surface area (Å²) < 4.78 is 0. The zero-order valence-electron chi connectivity index (χ0n) is 12.7. The van der Waals surface area contributed by atoms with Crippen molar-refractivity contribution < 1.29 is 0 Å². The predicted octanol–water partition coefficient (Wildman–Crippen LogP) is 4.89. The molecule has 0 fully saturated rings. The van der Waals surface area contributed by atoms with Crippen molar-refractivity contribution in [3.63, 3.8) is 0 Å². The molecule has 0 heterocycles. The SMILES string of the molecule is CCCCN(C(C)CC)C(CN)c1ccc(Cl)cc1Cl. The molecule has 0 saturated heterocycles. The van der Waals surface area contributed by atoms with Gasteiger partial charge in [-0.1, -0.05) is 49.5 Å². The number of nitrogens with two attached hydrogens (primary N) is 1. The molecule has 0 aliphatic carbocycles. The molecule has 2 nitrogen and oxygen atoms in total. The summed E-state index contributed by atoms with van der Waals surface area (Å²) in [4.78, 5) is 2.47. The fourth-order valence-electron chi connectivity index (χ4n) is 2.47. The summed E-state index contributed by atoms with van der Waals surface area (Å²) in [6, 6.07) is 6.34. The maximum absolute atomic E-state index is 6.36. The Balaban J connectivity index is 3.04. The average molecular weight is 317 g/mol. The van der Waals surface area contributed by atoms with Crippen molar-refractivity contribution in [2.24, 2.45) is 5.73 Å². The molecule has 0 saturated carbocycles. The Morgan fingerprint density at radius 2 is 1.95 bits per heavy atom. The van der Waals surface area contributed by atoms with Crippen LogP contribution in [-0.2, 0) is 0 Å². The second-order valence-corrected chi connectivity index (χ2v) is 6.11. The minimum Gasteiger partial charge on any atom is -0.329 e. The largest absolute Gasteiger partial charge is 0.329 e. The number of nitrogens with zero attached hydrogens (tertiary/aromatic N) is 1. The monoisotopic (exact) mass is 316 g/mol. The highest BCUT2D eigenvalue weighted by Gasteiger charge is 2.24. The van der Waals surface area contributed by atoms with E-state index in [1.54, 1.807) is 6.07 Å². The number of hydrogen-bond donors (Lipinski definition) is 1. The van der Waals surface area contributed by atoms with E-state index < -0.39 is 0 Å². The summed E-state index contributed by atoms with van der Waals surface area (Å²) in [5, 5.41) is 1.37. The molecular formula is C16H26Cl2N2. The number of benzene rings is 1. The van der Waals surface area contributed by atoms with Gasteiger partial charge in [-0.2, -0.15) is 0 Å². The minimum absolute atomic E-state index is 0.154. The topological polar surface area (TPSA) is 29.3 Å². The van der Waals surface area contributed by atoms with Crippen LogP contribution in [0.3, 0.4) is 0 Å². The molecule has 4 heteroatoms. The van der Waals surface area contributed by atoms with Gasteiger partial charge in [-0.05, 0) is 44.0 Å². The number of rotatable bonds is 8. The smallest absolute Gasteiger partial charge is 0.0488 e. The van der Waals surface area contributed by atoms with E-state index in [1.165, 1.54) is 12.8 Å². The minimum atomic E-state index is 0.154. The zero-order valence-corrected chi connectivity index (χ0v) is 14.2. The van der Waals surface area contributed by atoms with Gasteiger partial charge in [-0.3, -0.25) is 4.90 Å². The van der Waals surface area contributed by atoms with E-state index in [4.69, 9.17) is 28.9 Å². The first kappa shape index (κ1) is 17.8. The molecule has 1 aromatic carbocycles. The van der Waals surface area contributed by atoms with Crippen molar-refractivity contribution in [1.29, 1.82) is 0 Å². The first-order valence-corrected chi connectivity index (χ1v) is 8.21. The van der Waals surface area contributed by atoms with Gasteiger partial charge in [0.2, 0.25) is 0 Å². The van der Waals surface area contributed by atoms with Crippen molar-refractivity contribution >= 4 is 23.2 Å². The van der Waals surface area contributed by atoms with E-state index in [0.29, 0.717) is 22.6 Å². The lowest BCUT2D eigenvalue weighted by Crippen LogP contribution is -2.40. The molecule has 1 rings (SSSR count). The number of unbranched alkanes of at least 4 members (excludes halogenated alkanes) is 1. The fraction of sp³-hybridized carbons (Fsp3) is 0.625. The zero-order chi connectivity index (χ0) is 15.1. The van der Waals surface area contributed by atoms with Crippen molar-refractivity contribution in [3.05, 3.63) is 33.8 Å². The van der Waals surface area contributed by atoms with Crippen LogP contribution in [0.4, 0.5) is 0 Å². The van der Waals surface area contributed by atoms with E-state index in [2.05, 4.69) is 25.7 Å². The van der Waals surface area contributed by atoms with Gasteiger partial charge in [0, 0.05) is 28.7 Å². The molecule has 0 aliphatic heterocycles. The molecule has 2 unspecified atom stereocenters. The lowest BCUT2D eigenvalue weighted by atomic mass is 10.0. The van der Waals surface area contributed by atoms with Gasteiger partial charge < -0.3 is 5.73 Å². The molecule has 20 heavy (non-hydrogen) atoms. The molecule has 0 amide bonds. The van der Waals surface area contributed by atoms with Gasteiger partial charge in [-0.25, -0.2) is 0 Å². The maximum atomic E-state index is 6.36. The van der Waals surface area contributed by atoms with Gasteiger partial charge in [0.25, 0.3) is 0 Å². The first-order chi connectivity index (χ1) is 9.54. The van der Waals surface area contributed by atoms with Crippen LogP contribution in [0.15, 0.2) is 18.2 Å².